The molecule has 0 aromatic heterocycles. The van der Waals surface area contributed by atoms with Crippen LogP contribution in [-0.4, -0.2) is 36.3 Å². The maximum absolute atomic E-state index is 12.3. The Labute approximate surface area is 131 Å². The number of likely N-dealkylation sites (tertiary alicyclic amines) is 1. The molecule has 0 radical (unpaired) electrons. The van der Waals surface area contributed by atoms with Crippen molar-refractivity contribution in [2.45, 2.75) is 31.6 Å². The molecule has 1 amide bonds. The van der Waals surface area contributed by atoms with E-state index < -0.39 is 0 Å². The Kier molecular flexibility index (Phi) is 5.79. The minimum Gasteiger partial charge on any atom is -0.494 e. The van der Waals surface area contributed by atoms with Crippen molar-refractivity contribution >= 4 is 23.4 Å². The van der Waals surface area contributed by atoms with Crippen LogP contribution in [0.15, 0.2) is 23.1 Å². The van der Waals surface area contributed by atoms with Crippen LogP contribution < -0.4 is 10.5 Å². The number of carbonyl (C=O) groups is 1. The van der Waals surface area contributed by atoms with Gasteiger partial charge in [-0.05, 0) is 43.9 Å². The third kappa shape index (κ3) is 4.56. The Hall–Kier alpha value is -1.36. The first-order valence-electron chi connectivity index (χ1n) is 7.53. The molecule has 1 unspecified atom stereocenters. The first-order chi connectivity index (χ1) is 10.1. The lowest BCUT2D eigenvalue weighted by Gasteiger charge is -2.30. The van der Waals surface area contributed by atoms with Crippen molar-refractivity contribution < 1.29 is 9.53 Å². The number of hydrogen-bond donors (Lipinski definition) is 1. The summed E-state index contributed by atoms with van der Waals surface area (Å²) in [6, 6.07) is 5.60. The van der Waals surface area contributed by atoms with Gasteiger partial charge in [0.05, 0.1) is 12.4 Å². The third-order valence-electron chi connectivity index (χ3n) is 3.66. The number of ether oxygens (including phenoxy) is 1. The van der Waals surface area contributed by atoms with Crippen LogP contribution in [-0.2, 0) is 4.79 Å². The second kappa shape index (κ2) is 7.59. The Morgan fingerprint density at radius 3 is 3.05 bits per heavy atom. The first kappa shape index (κ1) is 16.0. The minimum atomic E-state index is 0.202. The highest BCUT2D eigenvalue weighted by molar-refractivity contribution is 8.00. The number of benzene rings is 1. The Morgan fingerprint density at radius 1 is 1.52 bits per heavy atom. The van der Waals surface area contributed by atoms with Gasteiger partial charge in [0.1, 0.15) is 5.75 Å². The molecule has 0 aliphatic carbocycles. The van der Waals surface area contributed by atoms with Crippen molar-refractivity contribution in [3.63, 3.8) is 0 Å². The van der Waals surface area contributed by atoms with Crippen LogP contribution in [0, 0.1) is 5.92 Å². The molecule has 1 aromatic rings. The van der Waals surface area contributed by atoms with Gasteiger partial charge in [0, 0.05) is 23.7 Å². The van der Waals surface area contributed by atoms with Crippen molar-refractivity contribution in [3.8, 4) is 5.75 Å². The highest BCUT2D eigenvalue weighted by Crippen LogP contribution is 2.29. The molecule has 1 aliphatic rings. The predicted molar refractivity (Wildman–Crippen MR) is 87.7 cm³/mol. The maximum Gasteiger partial charge on any atom is 0.232 e. The number of hydrogen-bond acceptors (Lipinski definition) is 4. The van der Waals surface area contributed by atoms with Crippen molar-refractivity contribution in [2.24, 2.45) is 5.92 Å². The Bertz CT molecular complexity index is 493. The summed E-state index contributed by atoms with van der Waals surface area (Å²) in [5.41, 5.74) is 6.67. The number of nitrogen functional groups attached to an aromatic ring is 1. The van der Waals surface area contributed by atoms with E-state index in [2.05, 4.69) is 6.92 Å². The van der Waals surface area contributed by atoms with Gasteiger partial charge in [0.25, 0.3) is 0 Å². The van der Waals surface area contributed by atoms with E-state index in [0.717, 1.165) is 30.2 Å². The van der Waals surface area contributed by atoms with Crippen molar-refractivity contribution in [1.82, 2.24) is 4.90 Å². The molecule has 5 heteroatoms. The number of amides is 1. The second-order valence-corrected chi connectivity index (χ2v) is 6.53. The van der Waals surface area contributed by atoms with E-state index in [1.165, 1.54) is 18.2 Å². The molecular formula is C16H24N2O2S. The average Bonchev–Trinajstić information content (AvgIpc) is 2.47. The van der Waals surface area contributed by atoms with Crippen LogP contribution in [0.1, 0.15) is 26.7 Å². The van der Waals surface area contributed by atoms with Gasteiger partial charge in [-0.25, -0.2) is 0 Å². The Balaban J connectivity index is 1.92. The summed E-state index contributed by atoms with van der Waals surface area (Å²) < 4.78 is 5.47. The first-order valence-corrected chi connectivity index (χ1v) is 8.51. The van der Waals surface area contributed by atoms with E-state index in [0.29, 0.717) is 24.0 Å². The van der Waals surface area contributed by atoms with Crippen molar-refractivity contribution in [1.29, 1.82) is 0 Å². The molecule has 0 spiro atoms. The van der Waals surface area contributed by atoms with Crippen LogP contribution in [0.3, 0.4) is 0 Å². The molecule has 1 saturated heterocycles. The number of thioether (sulfide) groups is 1. The lowest BCUT2D eigenvalue weighted by atomic mass is 10.0. The number of piperidine rings is 1. The molecular weight excluding hydrogens is 284 g/mol. The lowest BCUT2D eigenvalue weighted by Crippen LogP contribution is -2.40. The van der Waals surface area contributed by atoms with E-state index >= 15 is 0 Å². The smallest absolute Gasteiger partial charge is 0.232 e. The molecule has 2 N–H and O–H groups in total. The third-order valence-corrected chi connectivity index (χ3v) is 4.71. The molecule has 4 nitrogen and oxygen atoms in total. The fraction of sp³-hybridized carbons (Fsp3) is 0.562. The molecule has 116 valence electrons. The summed E-state index contributed by atoms with van der Waals surface area (Å²) >= 11 is 1.49. The quantitative estimate of drug-likeness (QED) is 0.671. The lowest BCUT2D eigenvalue weighted by molar-refractivity contribution is -0.130. The zero-order valence-electron chi connectivity index (χ0n) is 12.8. The van der Waals surface area contributed by atoms with Gasteiger partial charge >= 0.3 is 0 Å². The molecule has 0 bridgehead atoms. The molecule has 21 heavy (non-hydrogen) atoms. The predicted octanol–water partition coefficient (Wildman–Crippen LogP) is 3.02. The molecule has 1 atom stereocenters. The molecule has 1 heterocycles. The number of nitrogens with two attached hydrogens (primary N) is 1. The Morgan fingerprint density at radius 2 is 2.33 bits per heavy atom. The van der Waals surface area contributed by atoms with Crippen molar-refractivity contribution in [3.05, 3.63) is 18.2 Å². The van der Waals surface area contributed by atoms with Gasteiger partial charge in [-0.3, -0.25) is 4.79 Å². The summed E-state index contributed by atoms with van der Waals surface area (Å²) in [4.78, 5) is 15.2. The average molecular weight is 308 g/mol. The molecule has 1 aliphatic heterocycles. The summed E-state index contributed by atoms with van der Waals surface area (Å²) in [5.74, 6) is 2.05. The SMILES string of the molecule is CCOc1ccc(N)c(SCC(=O)N2CCCC(C)C2)c1. The zero-order chi connectivity index (χ0) is 15.2. The van der Waals surface area contributed by atoms with Gasteiger partial charge in [0.2, 0.25) is 5.91 Å². The highest BCUT2D eigenvalue weighted by atomic mass is 32.2. The van der Waals surface area contributed by atoms with E-state index in [-0.39, 0.29) is 5.91 Å². The van der Waals surface area contributed by atoms with E-state index in [1.54, 1.807) is 0 Å². The van der Waals surface area contributed by atoms with Gasteiger partial charge in [-0.1, -0.05) is 6.92 Å². The van der Waals surface area contributed by atoms with E-state index in [9.17, 15) is 4.79 Å². The molecule has 1 fully saturated rings. The fourth-order valence-electron chi connectivity index (χ4n) is 2.54. The number of carbonyl (C=O) groups excluding carboxylic acids is 1. The number of anilines is 1. The number of rotatable bonds is 5. The molecule has 2 rings (SSSR count). The largest absolute Gasteiger partial charge is 0.494 e. The topological polar surface area (TPSA) is 55.6 Å². The van der Waals surface area contributed by atoms with E-state index in [4.69, 9.17) is 10.5 Å². The molecule has 1 aromatic carbocycles. The summed E-state index contributed by atoms with van der Waals surface area (Å²) in [5, 5.41) is 0. The van der Waals surface area contributed by atoms with Crippen LogP contribution in [0.2, 0.25) is 0 Å². The zero-order valence-corrected chi connectivity index (χ0v) is 13.6. The van der Waals surface area contributed by atoms with Gasteiger partial charge in [-0.2, -0.15) is 0 Å². The van der Waals surface area contributed by atoms with E-state index in [1.807, 2.05) is 30.0 Å². The van der Waals surface area contributed by atoms with Crippen molar-refractivity contribution in [2.75, 3.05) is 31.2 Å². The monoisotopic (exact) mass is 308 g/mol. The van der Waals surface area contributed by atoms with Crippen LogP contribution in [0.5, 0.6) is 5.75 Å². The van der Waals surface area contributed by atoms with Crippen LogP contribution in [0.4, 0.5) is 5.69 Å². The van der Waals surface area contributed by atoms with Gasteiger partial charge in [-0.15, -0.1) is 11.8 Å². The van der Waals surface area contributed by atoms with Crippen LogP contribution in [0.25, 0.3) is 0 Å². The minimum absolute atomic E-state index is 0.202. The number of nitrogens with zero attached hydrogens (tertiary/aromatic N) is 1. The van der Waals surface area contributed by atoms with Crippen LogP contribution >= 0.6 is 11.8 Å². The summed E-state index contributed by atoms with van der Waals surface area (Å²) in [6.45, 7) is 6.55. The summed E-state index contributed by atoms with van der Waals surface area (Å²) in [7, 11) is 0. The second-order valence-electron chi connectivity index (χ2n) is 5.51. The standard InChI is InChI=1S/C16H24N2O2S/c1-3-20-13-6-7-14(17)15(9-13)21-11-16(19)18-8-4-5-12(2)10-18/h6-7,9,12H,3-5,8,10-11,17H2,1-2H3. The maximum atomic E-state index is 12.3. The fourth-order valence-corrected chi connectivity index (χ4v) is 3.44. The summed E-state index contributed by atoms with van der Waals surface area (Å²) in [6.07, 6.45) is 2.33. The molecule has 0 saturated carbocycles. The highest BCUT2D eigenvalue weighted by Gasteiger charge is 2.21. The normalized spacial score (nSPS) is 18.6. The van der Waals surface area contributed by atoms with Gasteiger partial charge < -0.3 is 15.4 Å². The van der Waals surface area contributed by atoms with Gasteiger partial charge in [0.15, 0.2) is 0 Å².